The van der Waals surface area contributed by atoms with Gasteiger partial charge in [0, 0.05) is 27.7 Å². The number of halogens is 1. The SMILES string of the molecule is CCCCCN1C(=S)NC(c2ccc(Cl)cc2)C(c2nc(-c3ccc(SC)cc3)no2)=C1C. The van der Waals surface area contributed by atoms with Crippen molar-refractivity contribution in [2.45, 2.75) is 44.0 Å². The number of aromatic nitrogens is 2. The average Bonchev–Trinajstić information content (AvgIpc) is 3.31. The van der Waals surface area contributed by atoms with Crippen molar-refractivity contribution in [1.82, 2.24) is 20.4 Å². The van der Waals surface area contributed by atoms with Crippen LogP contribution >= 0.6 is 35.6 Å². The van der Waals surface area contributed by atoms with E-state index >= 15 is 0 Å². The van der Waals surface area contributed by atoms with Gasteiger partial charge in [0.15, 0.2) is 5.11 Å². The molecule has 1 aliphatic heterocycles. The molecule has 172 valence electrons. The van der Waals surface area contributed by atoms with Crippen LogP contribution in [-0.2, 0) is 0 Å². The van der Waals surface area contributed by atoms with Gasteiger partial charge in [0.1, 0.15) is 0 Å². The van der Waals surface area contributed by atoms with Gasteiger partial charge in [0.05, 0.1) is 11.6 Å². The second-order valence-electron chi connectivity index (χ2n) is 7.94. The largest absolute Gasteiger partial charge is 0.351 e. The lowest BCUT2D eigenvalue weighted by molar-refractivity contribution is 0.395. The highest BCUT2D eigenvalue weighted by Crippen LogP contribution is 2.38. The molecule has 1 aliphatic rings. The van der Waals surface area contributed by atoms with Crippen LogP contribution in [0.4, 0.5) is 0 Å². The third-order valence-corrected chi connectivity index (χ3v) is 7.12. The lowest BCUT2D eigenvalue weighted by Crippen LogP contribution is -2.46. The molecule has 0 radical (unpaired) electrons. The molecule has 2 aromatic carbocycles. The maximum absolute atomic E-state index is 6.14. The van der Waals surface area contributed by atoms with E-state index < -0.39 is 0 Å². The Hall–Kier alpha value is -2.35. The quantitative estimate of drug-likeness (QED) is 0.204. The normalized spacial score (nSPS) is 16.3. The summed E-state index contributed by atoms with van der Waals surface area (Å²) in [5, 5.41) is 9.18. The van der Waals surface area contributed by atoms with Crippen LogP contribution in [0, 0.1) is 0 Å². The molecule has 0 saturated carbocycles. The van der Waals surface area contributed by atoms with Crippen LogP contribution in [0.25, 0.3) is 17.0 Å². The molecule has 0 bridgehead atoms. The van der Waals surface area contributed by atoms with E-state index in [4.69, 9.17) is 33.3 Å². The van der Waals surface area contributed by atoms with E-state index in [9.17, 15) is 0 Å². The van der Waals surface area contributed by atoms with Gasteiger partial charge in [-0.3, -0.25) is 0 Å². The van der Waals surface area contributed by atoms with Crippen molar-refractivity contribution >= 4 is 46.3 Å². The Morgan fingerprint density at radius 3 is 2.52 bits per heavy atom. The van der Waals surface area contributed by atoms with Gasteiger partial charge in [-0.05, 0) is 73.8 Å². The predicted molar refractivity (Wildman–Crippen MR) is 140 cm³/mol. The summed E-state index contributed by atoms with van der Waals surface area (Å²) < 4.78 is 5.81. The van der Waals surface area contributed by atoms with E-state index in [-0.39, 0.29) is 6.04 Å². The van der Waals surface area contributed by atoms with Crippen molar-refractivity contribution in [3.63, 3.8) is 0 Å². The third kappa shape index (κ3) is 5.26. The standard InChI is InChI=1S/C25H27ClN4OS2/c1-4-5-6-15-30-16(2)21(22(27-25(30)32)17-7-11-19(26)12-8-17)24-28-23(29-31-24)18-9-13-20(33-3)14-10-18/h7-14,22H,4-6,15H2,1-3H3,(H,27,32). The summed E-state index contributed by atoms with van der Waals surface area (Å²) in [6.45, 7) is 5.12. The zero-order chi connectivity index (χ0) is 23.4. The number of hydrogen-bond donors (Lipinski definition) is 1. The molecule has 33 heavy (non-hydrogen) atoms. The maximum atomic E-state index is 6.14. The lowest BCUT2D eigenvalue weighted by atomic mass is 9.94. The Morgan fingerprint density at radius 2 is 1.85 bits per heavy atom. The summed E-state index contributed by atoms with van der Waals surface area (Å²) in [5.74, 6) is 1.06. The fraction of sp³-hybridized carbons (Fsp3) is 0.320. The van der Waals surface area contributed by atoms with E-state index in [1.807, 2.05) is 36.4 Å². The van der Waals surface area contributed by atoms with Crippen LogP contribution in [0.1, 0.15) is 50.6 Å². The topological polar surface area (TPSA) is 54.2 Å². The van der Waals surface area contributed by atoms with Crippen LogP contribution in [-0.4, -0.2) is 33.0 Å². The van der Waals surface area contributed by atoms with Crippen LogP contribution in [0.5, 0.6) is 0 Å². The van der Waals surface area contributed by atoms with E-state index in [1.165, 1.54) is 4.90 Å². The predicted octanol–water partition coefficient (Wildman–Crippen LogP) is 6.96. The molecule has 0 aliphatic carbocycles. The number of allylic oxidation sites excluding steroid dienone is 1. The average molecular weight is 499 g/mol. The summed E-state index contributed by atoms with van der Waals surface area (Å²) in [4.78, 5) is 8.11. The monoisotopic (exact) mass is 498 g/mol. The minimum Gasteiger partial charge on any atom is -0.351 e. The molecule has 8 heteroatoms. The van der Waals surface area contributed by atoms with Crippen LogP contribution < -0.4 is 5.32 Å². The fourth-order valence-electron chi connectivity index (χ4n) is 3.94. The molecule has 1 aromatic heterocycles. The highest BCUT2D eigenvalue weighted by Gasteiger charge is 2.33. The number of hydrogen-bond acceptors (Lipinski definition) is 5. The second kappa shape index (κ2) is 10.7. The van der Waals surface area contributed by atoms with E-state index in [0.29, 0.717) is 21.9 Å². The molecule has 0 saturated heterocycles. The van der Waals surface area contributed by atoms with Crippen molar-refractivity contribution in [2.24, 2.45) is 0 Å². The van der Waals surface area contributed by atoms with Gasteiger partial charge < -0.3 is 14.7 Å². The Balaban J connectivity index is 1.74. The molecule has 0 spiro atoms. The van der Waals surface area contributed by atoms with Gasteiger partial charge in [-0.15, -0.1) is 11.8 Å². The van der Waals surface area contributed by atoms with Gasteiger partial charge in [0.2, 0.25) is 5.82 Å². The van der Waals surface area contributed by atoms with Gasteiger partial charge in [-0.2, -0.15) is 4.98 Å². The van der Waals surface area contributed by atoms with Gasteiger partial charge >= 0.3 is 0 Å². The number of thiocarbonyl (C=S) groups is 1. The second-order valence-corrected chi connectivity index (χ2v) is 9.65. The first-order chi connectivity index (χ1) is 16.0. The van der Waals surface area contributed by atoms with Crippen molar-refractivity contribution in [3.8, 4) is 11.4 Å². The maximum Gasteiger partial charge on any atom is 0.258 e. The molecule has 2 heterocycles. The van der Waals surface area contributed by atoms with Crippen LogP contribution in [0.15, 0.2) is 63.6 Å². The number of rotatable bonds is 8. The first kappa shape index (κ1) is 23.8. The third-order valence-electron chi connectivity index (χ3n) is 5.79. The molecular formula is C25H27ClN4OS2. The number of unbranched alkanes of at least 4 members (excludes halogenated alkanes) is 2. The summed E-state index contributed by atoms with van der Waals surface area (Å²) >= 11 is 13.6. The van der Waals surface area contributed by atoms with Gasteiger partial charge in [0.25, 0.3) is 5.89 Å². The summed E-state index contributed by atoms with van der Waals surface area (Å²) in [6.07, 6.45) is 5.42. The van der Waals surface area contributed by atoms with Crippen molar-refractivity contribution in [1.29, 1.82) is 0 Å². The Labute approximate surface area is 209 Å². The van der Waals surface area contributed by atoms with E-state index in [1.54, 1.807) is 11.8 Å². The van der Waals surface area contributed by atoms with Crippen molar-refractivity contribution in [2.75, 3.05) is 12.8 Å². The Kier molecular flexibility index (Phi) is 7.73. The molecule has 0 amide bonds. The smallest absolute Gasteiger partial charge is 0.258 e. The molecule has 1 unspecified atom stereocenters. The number of thioether (sulfide) groups is 1. The van der Waals surface area contributed by atoms with Crippen molar-refractivity contribution < 1.29 is 4.52 Å². The van der Waals surface area contributed by atoms with Crippen LogP contribution in [0.2, 0.25) is 5.02 Å². The number of nitrogens with one attached hydrogen (secondary N) is 1. The van der Waals surface area contributed by atoms with E-state index in [2.05, 4.69) is 47.6 Å². The number of benzene rings is 2. The van der Waals surface area contributed by atoms with E-state index in [0.717, 1.165) is 48.2 Å². The molecule has 0 fully saturated rings. The van der Waals surface area contributed by atoms with Gasteiger partial charge in [-0.25, -0.2) is 0 Å². The summed E-state index contributed by atoms with van der Waals surface area (Å²) in [5.41, 5.74) is 3.92. The molecular weight excluding hydrogens is 472 g/mol. The highest BCUT2D eigenvalue weighted by molar-refractivity contribution is 7.98. The zero-order valence-corrected chi connectivity index (χ0v) is 21.4. The molecule has 4 rings (SSSR count). The molecule has 1 N–H and O–H groups in total. The molecule has 5 nitrogen and oxygen atoms in total. The van der Waals surface area contributed by atoms with Gasteiger partial charge in [-0.1, -0.05) is 48.7 Å². The molecule has 3 aromatic rings. The lowest BCUT2D eigenvalue weighted by Gasteiger charge is -2.37. The number of nitrogens with zero attached hydrogens (tertiary/aromatic N) is 3. The fourth-order valence-corrected chi connectivity index (χ4v) is 4.82. The first-order valence-corrected chi connectivity index (χ1v) is 13.1. The summed E-state index contributed by atoms with van der Waals surface area (Å²) in [7, 11) is 0. The first-order valence-electron chi connectivity index (χ1n) is 11.0. The summed E-state index contributed by atoms with van der Waals surface area (Å²) in [6, 6.07) is 15.7. The zero-order valence-electron chi connectivity index (χ0n) is 19.0. The minimum atomic E-state index is -0.204. The van der Waals surface area contributed by atoms with Crippen molar-refractivity contribution in [3.05, 3.63) is 70.7 Å². The Bertz CT molecular complexity index is 1140. The Morgan fingerprint density at radius 1 is 1.12 bits per heavy atom. The molecule has 1 atom stereocenters. The van der Waals surface area contributed by atoms with Crippen LogP contribution in [0.3, 0.4) is 0 Å². The minimum absolute atomic E-state index is 0.204. The highest BCUT2D eigenvalue weighted by atomic mass is 35.5.